The molecule has 1 aliphatic rings. The lowest BCUT2D eigenvalue weighted by Gasteiger charge is -2.16. The maximum Gasteiger partial charge on any atom is 0.319 e. The van der Waals surface area contributed by atoms with Crippen LogP contribution < -0.4 is 4.74 Å². The standard InChI is InChI=1S/C11H14OS.C3H8.C2H6.2H3O3PS/c1-11(2)7-8-9(12-11)5-4-6-10(8)13-3;1-3-2;1-2;2*1-4(2,3)5/h4-6H,7H2,1-3H3;3H2,1-2H3;1-2H3;2*(H3,1,2,3,5). The van der Waals surface area contributed by atoms with Crippen molar-refractivity contribution in [3.8, 4) is 5.75 Å². The van der Waals surface area contributed by atoms with Crippen LogP contribution in [0.3, 0.4) is 0 Å². The van der Waals surface area contributed by atoms with Gasteiger partial charge in [-0.25, -0.2) is 0 Å². The molecule has 0 spiro atoms. The molecule has 1 aliphatic heterocycles. The summed E-state index contributed by atoms with van der Waals surface area (Å²) in [7, 11) is 0. The topological polar surface area (TPSA) is 131 Å². The normalized spacial score (nSPS) is 13.5. The first kappa shape index (κ1) is 33.1. The summed E-state index contributed by atoms with van der Waals surface area (Å²) in [5.74, 6) is 1.07. The van der Waals surface area contributed by atoms with Crippen molar-refractivity contribution in [3.63, 3.8) is 0 Å². The van der Waals surface area contributed by atoms with Gasteiger partial charge in [0.25, 0.3) is 0 Å². The van der Waals surface area contributed by atoms with E-state index in [-0.39, 0.29) is 5.60 Å². The van der Waals surface area contributed by atoms with Gasteiger partial charge in [-0.2, -0.15) is 0 Å². The van der Waals surface area contributed by atoms with Crippen molar-refractivity contribution in [1.82, 2.24) is 0 Å². The van der Waals surface area contributed by atoms with Crippen LogP contribution in [-0.2, 0) is 30.0 Å². The van der Waals surface area contributed by atoms with Crippen molar-refractivity contribution in [1.29, 1.82) is 0 Å². The lowest BCUT2D eigenvalue weighted by atomic mass is 10.0. The van der Waals surface area contributed by atoms with Crippen molar-refractivity contribution in [2.45, 2.75) is 64.9 Å². The summed E-state index contributed by atoms with van der Waals surface area (Å²) >= 11 is 9.00. The molecule has 12 heteroatoms. The van der Waals surface area contributed by atoms with Gasteiger partial charge in [-0.05, 0) is 55.8 Å². The molecule has 1 aromatic carbocycles. The maximum atomic E-state index is 7.56. The van der Waals surface area contributed by atoms with Crippen molar-refractivity contribution in [3.05, 3.63) is 23.8 Å². The molecule has 0 bridgehead atoms. The second kappa shape index (κ2) is 16.2. The molecule has 0 aromatic heterocycles. The average Bonchev–Trinajstić information content (AvgIpc) is 2.80. The fourth-order valence-corrected chi connectivity index (χ4v) is 2.40. The van der Waals surface area contributed by atoms with Crippen LogP contribution in [0.1, 0.15) is 53.5 Å². The molecule has 0 amide bonds. The number of thioether (sulfide) groups is 1. The van der Waals surface area contributed by atoms with Crippen LogP contribution in [0.25, 0.3) is 0 Å². The molecule has 2 rings (SSSR count). The van der Waals surface area contributed by atoms with Gasteiger partial charge in [0.1, 0.15) is 11.4 Å². The zero-order chi connectivity index (χ0) is 23.2. The molecule has 1 heterocycles. The van der Waals surface area contributed by atoms with Crippen LogP contribution in [-0.4, -0.2) is 41.2 Å². The van der Waals surface area contributed by atoms with E-state index >= 15 is 0 Å². The van der Waals surface area contributed by atoms with Gasteiger partial charge in [-0.15, -0.1) is 11.8 Å². The highest BCUT2D eigenvalue weighted by atomic mass is 32.5. The molecule has 1 aromatic rings. The zero-order valence-corrected chi connectivity index (χ0v) is 21.6. The smallest absolute Gasteiger partial charge is 0.319 e. The Balaban J connectivity index is -0.000000350. The molecule has 0 saturated carbocycles. The molecule has 168 valence electrons. The predicted octanol–water partition coefficient (Wildman–Crippen LogP) is 3.94. The maximum absolute atomic E-state index is 7.56. The summed E-state index contributed by atoms with van der Waals surface area (Å²) in [6.07, 6.45) is 4.39. The van der Waals surface area contributed by atoms with E-state index in [0.717, 1.165) is 12.2 Å². The van der Waals surface area contributed by atoms with Gasteiger partial charge in [-0.1, -0.05) is 40.2 Å². The minimum absolute atomic E-state index is 0.0197. The Morgan fingerprint density at radius 2 is 1.36 bits per heavy atom. The van der Waals surface area contributed by atoms with Gasteiger partial charge < -0.3 is 34.1 Å². The van der Waals surface area contributed by atoms with E-state index in [4.69, 9.17) is 34.1 Å². The lowest BCUT2D eigenvalue weighted by Crippen LogP contribution is -2.24. The zero-order valence-electron chi connectivity index (χ0n) is 17.4. The fourth-order valence-electron chi connectivity index (χ4n) is 1.77. The Hall–Kier alpha value is 0.430. The largest absolute Gasteiger partial charge is 0.487 e. The molecule has 0 unspecified atom stereocenters. The average molecular weight is 497 g/mol. The molecular formula is C16H34O7P2S3. The van der Waals surface area contributed by atoms with Gasteiger partial charge >= 0.3 is 13.4 Å². The van der Waals surface area contributed by atoms with Crippen molar-refractivity contribution < 1.29 is 34.1 Å². The Morgan fingerprint density at radius 1 is 1.00 bits per heavy atom. The first-order chi connectivity index (χ1) is 12.5. The number of hydrogen-bond acceptors (Lipinski definition) is 4. The Labute approximate surface area is 183 Å². The molecule has 0 saturated heterocycles. The minimum Gasteiger partial charge on any atom is -0.487 e. The third kappa shape index (κ3) is 24.5. The van der Waals surface area contributed by atoms with E-state index in [1.54, 1.807) is 11.8 Å². The van der Waals surface area contributed by atoms with Crippen LogP contribution in [0, 0.1) is 0 Å². The Kier molecular flexibility index (Phi) is 19.1. The predicted molar refractivity (Wildman–Crippen MR) is 126 cm³/mol. The summed E-state index contributed by atoms with van der Waals surface area (Å²) in [4.78, 5) is 46.7. The highest BCUT2D eigenvalue weighted by molar-refractivity contribution is 8.06. The van der Waals surface area contributed by atoms with Crippen LogP contribution in [0.5, 0.6) is 5.75 Å². The minimum atomic E-state index is -3.81. The van der Waals surface area contributed by atoms with E-state index in [9.17, 15) is 0 Å². The van der Waals surface area contributed by atoms with Crippen molar-refractivity contribution in [2.75, 3.05) is 6.26 Å². The summed E-state index contributed by atoms with van der Waals surface area (Å²) < 4.78 is 5.82. The first-order valence-corrected chi connectivity index (χ1v) is 15.0. The van der Waals surface area contributed by atoms with E-state index in [1.807, 2.05) is 13.8 Å². The van der Waals surface area contributed by atoms with Crippen molar-refractivity contribution in [2.24, 2.45) is 0 Å². The van der Waals surface area contributed by atoms with Crippen LogP contribution in [0.2, 0.25) is 0 Å². The number of benzene rings is 1. The van der Waals surface area contributed by atoms with Crippen LogP contribution in [0.15, 0.2) is 23.1 Å². The van der Waals surface area contributed by atoms with E-state index in [2.05, 4.69) is 75.8 Å². The van der Waals surface area contributed by atoms with E-state index < -0.39 is 13.4 Å². The first-order valence-electron chi connectivity index (χ1n) is 8.45. The number of fused-ring (bicyclic) bond motifs is 1. The second-order valence-electron chi connectivity index (χ2n) is 5.71. The lowest BCUT2D eigenvalue weighted by molar-refractivity contribution is 0.138. The SMILES string of the molecule is CC.CCC.CSc1cccc2c1CC(C)(C)O2.OP(O)(O)=S.OP(O)(O)=S. The molecule has 6 N–H and O–H groups in total. The Bertz CT molecular complexity index is 594. The summed E-state index contributed by atoms with van der Waals surface area (Å²) in [6.45, 7) is 4.91. The number of ether oxygens (including phenoxy) is 1. The molecule has 0 fully saturated rings. The van der Waals surface area contributed by atoms with Crippen LogP contribution >= 0.6 is 25.2 Å². The second-order valence-corrected chi connectivity index (χ2v) is 11.5. The van der Waals surface area contributed by atoms with Gasteiger partial charge in [0.15, 0.2) is 0 Å². The third-order valence-corrected chi connectivity index (χ3v) is 3.12. The van der Waals surface area contributed by atoms with Crippen molar-refractivity contribution >= 4 is 48.8 Å². The number of hydrogen-bond donors (Lipinski definition) is 6. The van der Waals surface area contributed by atoms with Gasteiger partial charge in [0.2, 0.25) is 0 Å². The number of rotatable bonds is 1. The van der Waals surface area contributed by atoms with Gasteiger partial charge in [-0.3, -0.25) is 0 Å². The van der Waals surface area contributed by atoms with Gasteiger partial charge in [0.05, 0.1) is 0 Å². The van der Waals surface area contributed by atoms with E-state index in [1.165, 1.54) is 16.9 Å². The molecule has 28 heavy (non-hydrogen) atoms. The highest BCUT2D eigenvalue weighted by Crippen LogP contribution is 2.39. The van der Waals surface area contributed by atoms with Gasteiger partial charge in [0, 0.05) is 16.9 Å². The Morgan fingerprint density at radius 3 is 1.68 bits per heavy atom. The molecule has 7 nitrogen and oxygen atoms in total. The summed E-state index contributed by atoms with van der Waals surface area (Å²) in [6, 6.07) is 6.28. The third-order valence-electron chi connectivity index (χ3n) is 2.30. The quantitative estimate of drug-likeness (QED) is 0.251. The highest BCUT2D eigenvalue weighted by Gasteiger charge is 2.31. The monoisotopic (exact) mass is 496 g/mol. The fraction of sp³-hybridized carbons (Fsp3) is 0.625. The molecule has 0 atom stereocenters. The molecule has 0 aliphatic carbocycles. The van der Waals surface area contributed by atoms with E-state index in [0.29, 0.717) is 0 Å². The molecular weight excluding hydrogens is 462 g/mol. The molecule has 0 radical (unpaired) electrons. The van der Waals surface area contributed by atoms with Crippen LogP contribution in [0.4, 0.5) is 0 Å². The summed E-state index contributed by atoms with van der Waals surface area (Å²) in [5, 5.41) is 0. The summed E-state index contributed by atoms with van der Waals surface area (Å²) in [5.41, 5.74) is 1.36.